The van der Waals surface area contributed by atoms with Crippen LogP contribution >= 0.6 is 0 Å². The van der Waals surface area contributed by atoms with Crippen molar-refractivity contribution in [2.45, 2.75) is 39.5 Å². The molecular weight excluding hydrogens is 270 g/mol. The summed E-state index contributed by atoms with van der Waals surface area (Å²) in [5.41, 5.74) is 1.19. The van der Waals surface area contributed by atoms with Crippen molar-refractivity contribution in [3.05, 3.63) is 29.8 Å². The number of hydrogen-bond donors (Lipinski definition) is 1. The molecule has 21 heavy (non-hydrogen) atoms. The second-order valence-corrected chi connectivity index (χ2v) is 4.90. The zero-order chi connectivity index (χ0) is 15.8. The Bertz CT molecular complexity index is 508. The standard InChI is InChI=1S/C16H21NO4/c1-3-4-5-15(19)17(11-10-16(20)21)14-8-6-13(7-9-14)12(2)18/h6-9H,3-5,10-11H2,1-2H3,(H,20,21). The summed E-state index contributed by atoms with van der Waals surface area (Å²) >= 11 is 0. The smallest absolute Gasteiger partial charge is 0.305 e. The normalized spacial score (nSPS) is 10.2. The van der Waals surface area contributed by atoms with Gasteiger partial charge in [-0.1, -0.05) is 13.3 Å². The van der Waals surface area contributed by atoms with Gasteiger partial charge in [-0.3, -0.25) is 14.4 Å². The number of amides is 1. The molecule has 1 N–H and O–H groups in total. The molecule has 0 saturated carbocycles. The monoisotopic (exact) mass is 291 g/mol. The minimum absolute atomic E-state index is 0.0454. The lowest BCUT2D eigenvalue weighted by atomic mass is 10.1. The number of Topliss-reactive ketones (excluding diaryl/α,β-unsaturated/α-hetero) is 1. The lowest BCUT2D eigenvalue weighted by molar-refractivity contribution is -0.136. The highest BCUT2D eigenvalue weighted by Crippen LogP contribution is 2.18. The maximum absolute atomic E-state index is 12.2. The quantitative estimate of drug-likeness (QED) is 0.747. The van der Waals surface area contributed by atoms with Crippen LogP contribution in [0.1, 0.15) is 49.9 Å². The van der Waals surface area contributed by atoms with Gasteiger partial charge < -0.3 is 10.0 Å². The maximum Gasteiger partial charge on any atom is 0.305 e. The van der Waals surface area contributed by atoms with Gasteiger partial charge in [0.2, 0.25) is 5.91 Å². The van der Waals surface area contributed by atoms with Gasteiger partial charge in [0.15, 0.2) is 5.78 Å². The van der Waals surface area contributed by atoms with Crippen LogP contribution in [0.2, 0.25) is 0 Å². The van der Waals surface area contributed by atoms with Crippen molar-refractivity contribution in [1.29, 1.82) is 0 Å². The third-order valence-corrected chi connectivity index (χ3v) is 3.18. The molecule has 0 fully saturated rings. The SMILES string of the molecule is CCCCC(=O)N(CCC(=O)O)c1ccc(C(C)=O)cc1. The summed E-state index contributed by atoms with van der Waals surface area (Å²) in [6.07, 6.45) is 1.96. The van der Waals surface area contributed by atoms with Crippen LogP contribution in [-0.4, -0.2) is 29.3 Å². The highest BCUT2D eigenvalue weighted by Gasteiger charge is 2.16. The van der Waals surface area contributed by atoms with Crippen LogP contribution in [0.3, 0.4) is 0 Å². The summed E-state index contributed by atoms with van der Waals surface area (Å²) in [4.78, 5) is 35.7. The molecule has 0 heterocycles. The first-order valence-electron chi connectivity index (χ1n) is 7.09. The summed E-state index contributed by atoms with van der Waals surface area (Å²) in [7, 11) is 0. The molecule has 1 aromatic carbocycles. The van der Waals surface area contributed by atoms with E-state index in [-0.39, 0.29) is 24.7 Å². The van der Waals surface area contributed by atoms with Crippen LogP contribution in [0.25, 0.3) is 0 Å². The molecule has 0 saturated heterocycles. The minimum Gasteiger partial charge on any atom is -0.481 e. The lowest BCUT2D eigenvalue weighted by Crippen LogP contribution is -2.32. The summed E-state index contributed by atoms with van der Waals surface area (Å²) < 4.78 is 0. The Morgan fingerprint density at radius 2 is 1.71 bits per heavy atom. The molecule has 114 valence electrons. The fourth-order valence-electron chi connectivity index (χ4n) is 1.94. The molecule has 5 nitrogen and oxygen atoms in total. The van der Waals surface area contributed by atoms with Gasteiger partial charge in [0.25, 0.3) is 0 Å². The molecule has 5 heteroatoms. The maximum atomic E-state index is 12.2. The van der Waals surface area contributed by atoms with Crippen molar-refractivity contribution in [3.63, 3.8) is 0 Å². The van der Waals surface area contributed by atoms with E-state index in [9.17, 15) is 14.4 Å². The number of carbonyl (C=O) groups excluding carboxylic acids is 2. The van der Waals surface area contributed by atoms with E-state index in [1.54, 1.807) is 24.3 Å². The molecule has 0 aliphatic carbocycles. The molecule has 0 atom stereocenters. The van der Waals surface area contributed by atoms with E-state index >= 15 is 0 Å². The molecule has 0 aliphatic rings. The van der Waals surface area contributed by atoms with Crippen molar-refractivity contribution in [1.82, 2.24) is 0 Å². The number of carboxylic acid groups (broad SMARTS) is 1. The Morgan fingerprint density at radius 1 is 1.10 bits per heavy atom. The molecular formula is C16H21NO4. The fraction of sp³-hybridized carbons (Fsp3) is 0.438. The van der Waals surface area contributed by atoms with Gasteiger partial charge >= 0.3 is 5.97 Å². The number of aliphatic carboxylic acids is 1. The Hall–Kier alpha value is -2.17. The van der Waals surface area contributed by atoms with Crippen LogP contribution in [-0.2, 0) is 9.59 Å². The van der Waals surface area contributed by atoms with E-state index in [0.29, 0.717) is 17.7 Å². The summed E-state index contributed by atoms with van der Waals surface area (Å²) in [5, 5.41) is 8.80. The van der Waals surface area contributed by atoms with Crippen LogP contribution in [0.15, 0.2) is 24.3 Å². The van der Waals surface area contributed by atoms with Gasteiger partial charge in [0.05, 0.1) is 6.42 Å². The topological polar surface area (TPSA) is 74.7 Å². The third kappa shape index (κ3) is 5.38. The number of carboxylic acids is 1. The molecule has 0 aliphatic heterocycles. The second kappa shape index (κ2) is 8.19. The molecule has 1 aromatic rings. The van der Waals surface area contributed by atoms with Gasteiger partial charge in [0, 0.05) is 24.2 Å². The Kier molecular flexibility index (Phi) is 6.59. The zero-order valence-electron chi connectivity index (χ0n) is 12.5. The van der Waals surface area contributed by atoms with Crippen LogP contribution in [0.4, 0.5) is 5.69 Å². The summed E-state index contributed by atoms with van der Waals surface area (Å²) in [6.45, 7) is 3.61. The fourth-order valence-corrected chi connectivity index (χ4v) is 1.94. The molecule has 0 bridgehead atoms. The number of unbranched alkanes of at least 4 members (excludes halogenated alkanes) is 1. The van der Waals surface area contributed by atoms with Gasteiger partial charge in [-0.05, 0) is 37.6 Å². The van der Waals surface area contributed by atoms with E-state index in [4.69, 9.17) is 5.11 Å². The first-order valence-corrected chi connectivity index (χ1v) is 7.09. The number of anilines is 1. The Balaban J connectivity index is 2.90. The van der Waals surface area contributed by atoms with Crippen LogP contribution < -0.4 is 4.90 Å². The molecule has 1 rings (SSSR count). The van der Waals surface area contributed by atoms with E-state index in [1.165, 1.54) is 11.8 Å². The van der Waals surface area contributed by atoms with Gasteiger partial charge in [-0.15, -0.1) is 0 Å². The highest BCUT2D eigenvalue weighted by atomic mass is 16.4. The predicted octanol–water partition coefficient (Wildman–Crippen LogP) is 2.89. The number of benzene rings is 1. The van der Waals surface area contributed by atoms with E-state index < -0.39 is 5.97 Å². The van der Waals surface area contributed by atoms with Gasteiger partial charge in [-0.25, -0.2) is 0 Å². The van der Waals surface area contributed by atoms with Crippen molar-refractivity contribution in [3.8, 4) is 0 Å². The first-order chi connectivity index (χ1) is 9.95. The summed E-state index contributed by atoms with van der Waals surface area (Å²) in [5.74, 6) is -1.08. The van der Waals surface area contributed by atoms with Crippen molar-refractivity contribution in [2.24, 2.45) is 0 Å². The number of nitrogens with zero attached hydrogens (tertiary/aromatic N) is 1. The first kappa shape index (κ1) is 16.9. The van der Waals surface area contributed by atoms with E-state index in [1.807, 2.05) is 6.92 Å². The van der Waals surface area contributed by atoms with Gasteiger partial charge in [-0.2, -0.15) is 0 Å². The van der Waals surface area contributed by atoms with Crippen LogP contribution in [0.5, 0.6) is 0 Å². The second-order valence-electron chi connectivity index (χ2n) is 4.90. The average molecular weight is 291 g/mol. The summed E-state index contributed by atoms with van der Waals surface area (Å²) in [6, 6.07) is 6.67. The van der Waals surface area contributed by atoms with E-state index in [2.05, 4.69) is 0 Å². The Morgan fingerprint density at radius 3 is 2.19 bits per heavy atom. The number of carbonyl (C=O) groups is 3. The minimum atomic E-state index is -0.941. The molecule has 0 unspecified atom stereocenters. The van der Waals surface area contributed by atoms with Gasteiger partial charge in [0.1, 0.15) is 0 Å². The molecule has 0 aromatic heterocycles. The van der Waals surface area contributed by atoms with Crippen LogP contribution in [0, 0.1) is 0 Å². The molecule has 0 spiro atoms. The lowest BCUT2D eigenvalue weighted by Gasteiger charge is -2.22. The largest absolute Gasteiger partial charge is 0.481 e. The third-order valence-electron chi connectivity index (χ3n) is 3.18. The van der Waals surface area contributed by atoms with Crippen molar-refractivity contribution in [2.75, 3.05) is 11.4 Å². The Labute approximate surface area is 124 Å². The molecule has 0 radical (unpaired) electrons. The average Bonchev–Trinajstić information content (AvgIpc) is 2.45. The highest BCUT2D eigenvalue weighted by molar-refractivity contribution is 5.96. The van der Waals surface area contributed by atoms with E-state index in [0.717, 1.165) is 12.8 Å². The number of ketones is 1. The molecule has 1 amide bonds. The number of hydrogen-bond acceptors (Lipinski definition) is 3. The van der Waals surface area contributed by atoms with Crippen molar-refractivity contribution >= 4 is 23.3 Å². The zero-order valence-corrected chi connectivity index (χ0v) is 12.5. The predicted molar refractivity (Wildman–Crippen MR) is 80.6 cm³/mol. The van der Waals surface area contributed by atoms with Crippen molar-refractivity contribution < 1.29 is 19.5 Å². The number of rotatable bonds is 8.